The smallest absolute Gasteiger partial charge is 0.265 e. The number of carbonyl (C=O) groups excluding carboxylic acids is 1. The van der Waals surface area contributed by atoms with Crippen molar-refractivity contribution in [2.45, 2.75) is 13.0 Å². The van der Waals surface area contributed by atoms with Crippen LogP contribution < -0.4 is 10.1 Å². The Morgan fingerprint density at radius 1 is 1.09 bits per heavy atom. The molecule has 0 radical (unpaired) electrons. The predicted molar refractivity (Wildman–Crippen MR) is 81.5 cm³/mol. The van der Waals surface area contributed by atoms with Gasteiger partial charge in [0.1, 0.15) is 5.75 Å². The Hall–Kier alpha value is -1.92. The van der Waals surface area contributed by atoms with Crippen molar-refractivity contribution in [3.8, 4) is 5.75 Å². The fourth-order valence-electron chi connectivity index (χ4n) is 1.66. The Labute approximate surface area is 140 Å². The van der Waals surface area contributed by atoms with Crippen LogP contribution in [0.4, 0.5) is 18.9 Å². The van der Waals surface area contributed by atoms with Crippen molar-refractivity contribution in [1.29, 1.82) is 0 Å². The zero-order valence-corrected chi connectivity index (χ0v) is 13.2. The van der Waals surface area contributed by atoms with E-state index in [1.807, 2.05) is 0 Å². The number of benzene rings is 2. The molecule has 8 heteroatoms. The van der Waals surface area contributed by atoms with Crippen LogP contribution in [-0.2, 0) is 4.79 Å². The summed E-state index contributed by atoms with van der Waals surface area (Å²) < 4.78 is 44.8. The molecule has 2 rings (SSSR count). The molecule has 0 bridgehead atoms. The van der Waals surface area contributed by atoms with Gasteiger partial charge in [0.2, 0.25) is 0 Å². The fourth-order valence-corrected chi connectivity index (χ4v) is 1.95. The first-order valence-electron chi connectivity index (χ1n) is 6.35. The number of amides is 1. The molecule has 0 aliphatic heterocycles. The van der Waals surface area contributed by atoms with Crippen LogP contribution in [0.2, 0.25) is 10.0 Å². The van der Waals surface area contributed by atoms with E-state index in [1.165, 1.54) is 25.1 Å². The number of nitrogens with one attached hydrogen (secondary N) is 1. The van der Waals surface area contributed by atoms with Gasteiger partial charge in [0.25, 0.3) is 5.91 Å². The largest absolute Gasteiger partial charge is 0.481 e. The molecule has 0 aliphatic rings. The lowest BCUT2D eigenvalue weighted by Crippen LogP contribution is -2.30. The molecular weight excluding hydrogens is 354 g/mol. The van der Waals surface area contributed by atoms with Gasteiger partial charge in [0.15, 0.2) is 23.6 Å². The zero-order valence-electron chi connectivity index (χ0n) is 11.7. The van der Waals surface area contributed by atoms with E-state index in [1.54, 1.807) is 0 Å². The summed E-state index contributed by atoms with van der Waals surface area (Å²) >= 11 is 11.6. The molecule has 0 fully saturated rings. The third kappa shape index (κ3) is 4.09. The summed E-state index contributed by atoms with van der Waals surface area (Å²) in [6.07, 6.45) is -1.04. The standard InChI is InChI=1S/C15H10Cl2F3NO2/c1-7(23-8-2-3-9(16)10(17)6-8)15(22)21-12-5-4-11(18)13(19)14(12)20/h2-7H,1H3,(H,21,22). The van der Waals surface area contributed by atoms with Crippen LogP contribution in [0, 0.1) is 17.5 Å². The Kier molecular flexibility index (Phi) is 5.38. The zero-order chi connectivity index (χ0) is 17.1. The van der Waals surface area contributed by atoms with Crippen LogP contribution in [0.3, 0.4) is 0 Å². The van der Waals surface area contributed by atoms with E-state index in [2.05, 4.69) is 5.32 Å². The molecule has 1 N–H and O–H groups in total. The summed E-state index contributed by atoms with van der Waals surface area (Å²) in [5.74, 6) is -4.98. The second-order valence-corrected chi connectivity index (χ2v) is 5.36. The average Bonchev–Trinajstić information content (AvgIpc) is 2.51. The second kappa shape index (κ2) is 7.10. The van der Waals surface area contributed by atoms with Crippen molar-refractivity contribution in [3.05, 3.63) is 57.8 Å². The lowest BCUT2D eigenvalue weighted by molar-refractivity contribution is -0.122. The molecule has 0 aromatic heterocycles. The lowest BCUT2D eigenvalue weighted by atomic mass is 10.2. The molecule has 23 heavy (non-hydrogen) atoms. The number of hydrogen-bond donors (Lipinski definition) is 1. The minimum absolute atomic E-state index is 0.239. The molecule has 2 aromatic rings. The van der Waals surface area contributed by atoms with Crippen LogP contribution in [0.15, 0.2) is 30.3 Å². The van der Waals surface area contributed by atoms with E-state index in [9.17, 15) is 18.0 Å². The second-order valence-electron chi connectivity index (χ2n) is 4.55. The number of hydrogen-bond acceptors (Lipinski definition) is 2. The summed E-state index contributed by atoms with van der Waals surface area (Å²) in [6, 6.07) is 6.01. The van der Waals surface area contributed by atoms with Crippen LogP contribution in [-0.4, -0.2) is 12.0 Å². The average molecular weight is 364 g/mol. The van der Waals surface area contributed by atoms with Crippen molar-refractivity contribution in [3.63, 3.8) is 0 Å². The number of halogens is 5. The molecule has 2 aromatic carbocycles. The van der Waals surface area contributed by atoms with E-state index >= 15 is 0 Å². The first-order chi connectivity index (χ1) is 10.8. The summed E-state index contributed by atoms with van der Waals surface area (Å²) in [6.45, 7) is 1.40. The van der Waals surface area contributed by atoms with Crippen molar-refractivity contribution >= 4 is 34.8 Å². The van der Waals surface area contributed by atoms with E-state index < -0.39 is 35.2 Å². The minimum Gasteiger partial charge on any atom is -0.481 e. The molecule has 122 valence electrons. The number of ether oxygens (including phenoxy) is 1. The fraction of sp³-hybridized carbons (Fsp3) is 0.133. The Bertz CT molecular complexity index is 756. The molecular formula is C15H10Cl2F3NO2. The molecule has 1 amide bonds. The van der Waals surface area contributed by atoms with Crippen molar-refractivity contribution in [1.82, 2.24) is 0 Å². The lowest BCUT2D eigenvalue weighted by Gasteiger charge is -2.15. The Morgan fingerprint density at radius 2 is 1.78 bits per heavy atom. The molecule has 1 atom stereocenters. The molecule has 0 heterocycles. The summed E-state index contributed by atoms with van der Waals surface area (Å²) in [5, 5.41) is 2.68. The highest BCUT2D eigenvalue weighted by molar-refractivity contribution is 6.42. The van der Waals surface area contributed by atoms with Gasteiger partial charge in [-0.15, -0.1) is 0 Å². The van der Waals surface area contributed by atoms with Crippen molar-refractivity contribution in [2.75, 3.05) is 5.32 Å². The van der Waals surface area contributed by atoms with E-state index in [4.69, 9.17) is 27.9 Å². The first-order valence-corrected chi connectivity index (χ1v) is 7.11. The van der Waals surface area contributed by atoms with Gasteiger partial charge in [-0.2, -0.15) is 0 Å². The quantitative estimate of drug-likeness (QED) is 0.791. The topological polar surface area (TPSA) is 38.3 Å². The maximum Gasteiger partial charge on any atom is 0.265 e. The number of carbonyl (C=O) groups is 1. The van der Waals surface area contributed by atoms with Crippen LogP contribution in [0.25, 0.3) is 0 Å². The van der Waals surface area contributed by atoms with Gasteiger partial charge >= 0.3 is 0 Å². The maximum absolute atomic E-state index is 13.5. The van der Waals surface area contributed by atoms with Gasteiger partial charge < -0.3 is 10.1 Å². The summed E-state index contributed by atoms with van der Waals surface area (Å²) in [5.41, 5.74) is -0.488. The maximum atomic E-state index is 13.5. The van der Waals surface area contributed by atoms with Gasteiger partial charge in [-0.25, -0.2) is 13.2 Å². The van der Waals surface area contributed by atoms with Crippen LogP contribution in [0.5, 0.6) is 5.75 Å². The summed E-state index contributed by atoms with van der Waals surface area (Å²) in [4.78, 5) is 11.9. The van der Waals surface area contributed by atoms with Gasteiger partial charge in [-0.05, 0) is 31.2 Å². The predicted octanol–water partition coefficient (Wildman–Crippen LogP) is 4.82. The SMILES string of the molecule is CC(Oc1ccc(Cl)c(Cl)c1)C(=O)Nc1ccc(F)c(F)c1F. The molecule has 0 saturated carbocycles. The highest BCUT2D eigenvalue weighted by atomic mass is 35.5. The van der Waals surface area contributed by atoms with Gasteiger partial charge in [-0.1, -0.05) is 23.2 Å². The molecule has 3 nitrogen and oxygen atoms in total. The highest BCUT2D eigenvalue weighted by Crippen LogP contribution is 2.27. The number of rotatable bonds is 4. The van der Waals surface area contributed by atoms with E-state index in [0.717, 1.165) is 6.07 Å². The normalized spacial score (nSPS) is 11.9. The van der Waals surface area contributed by atoms with Gasteiger partial charge in [0, 0.05) is 6.07 Å². The van der Waals surface area contributed by atoms with Crippen molar-refractivity contribution < 1.29 is 22.7 Å². The third-order valence-electron chi connectivity index (χ3n) is 2.87. The Balaban J connectivity index is 2.08. The van der Waals surface area contributed by atoms with Crippen LogP contribution >= 0.6 is 23.2 Å². The summed E-state index contributed by atoms with van der Waals surface area (Å²) in [7, 11) is 0. The molecule has 0 aliphatic carbocycles. The number of anilines is 1. The van der Waals surface area contributed by atoms with Gasteiger partial charge in [-0.3, -0.25) is 4.79 Å². The van der Waals surface area contributed by atoms with Crippen molar-refractivity contribution in [2.24, 2.45) is 0 Å². The molecule has 0 spiro atoms. The monoisotopic (exact) mass is 363 g/mol. The van der Waals surface area contributed by atoms with E-state index in [-0.39, 0.29) is 10.8 Å². The minimum atomic E-state index is -1.67. The molecule has 0 saturated heterocycles. The third-order valence-corrected chi connectivity index (χ3v) is 3.61. The van der Waals surface area contributed by atoms with E-state index in [0.29, 0.717) is 11.1 Å². The highest BCUT2D eigenvalue weighted by Gasteiger charge is 2.19. The first kappa shape index (κ1) is 17.4. The van der Waals surface area contributed by atoms with Gasteiger partial charge in [0.05, 0.1) is 15.7 Å². The van der Waals surface area contributed by atoms with Crippen LogP contribution in [0.1, 0.15) is 6.92 Å². The Morgan fingerprint density at radius 3 is 2.43 bits per heavy atom. The molecule has 1 unspecified atom stereocenters.